The summed E-state index contributed by atoms with van der Waals surface area (Å²) in [6.45, 7) is 2.33. The zero-order valence-electron chi connectivity index (χ0n) is 12.4. The fraction of sp³-hybridized carbons (Fsp3) is 0.625. The van der Waals surface area contributed by atoms with Crippen molar-refractivity contribution in [1.29, 1.82) is 0 Å². The molecule has 112 valence electrons. The molecule has 5 heteroatoms. The standard InChI is InChI=1S/C16H21N3OS/c1-9-5-7-10(8-6-9)15-18-16(20-19-15)13-11-3-2-4-12(11)21-14(13)17/h9-10H,2-8,17H2,1H3. The molecule has 0 amide bonds. The molecule has 0 unspecified atom stereocenters. The molecule has 0 bridgehead atoms. The lowest BCUT2D eigenvalue weighted by Gasteiger charge is -2.23. The van der Waals surface area contributed by atoms with Gasteiger partial charge in [0, 0.05) is 10.8 Å². The Labute approximate surface area is 128 Å². The molecule has 21 heavy (non-hydrogen) atoms. The van der Waals surface area contributed by atoms with Crippen LogP contribution in [-0.2, 0) is 12.8 Å². The number of fused-ring (bicyclic) bond motifs is 1. The number of rotatable bonds is 2. The van der Waals surface area contributed by atoms with Gasteiger partial charge >= 0.3 is 0 Å². The monoisotopic (exact) mass is 303 g/mol. The first-order chi connectivity index (χ1) is 10.2. The van der Waals surface area contributed by atoms with E-state index in [1.165, 1.54) is 42.5 Å². The summed E-state index contributed by atoms with van der Waals surface area (Å²) in [5.41, 5.74) is 8.56. The van der Waals surface area contributed by atoms with Gasteiger partial charge < -0.3 is 10.3 Å². The van der Waals surface area contributed by atoms with Gasteiger partial charge in [0.2, 0.25) is 0 Å². The highest BCUT2D eigenvalue weighted by Gasteiger charge is 2.28. The second-order valence-electron chi connectivity index (χ2n) is 6.51. The number of nitrogen functional groups attached to an aromatic ring is 1. The van der Waals surface area contributed by atoms with Crippen LogP contribution in [0.15, 0.2) is 4.52 Å². The number of nitrogens with zero attached hydrogens (tertiary/aromatic N) is 2. The lowest BCUT2D eigenvalue weighted by atomic mass is 9.83. The van der Waals surface area contributed by atoms with Crippen LogP contribution in [0.1, 0.15) is 61.2 Å². The van der Waals surface area contributed by atoms with Crippen molar-refractivity contribution in [2.24, 2.45) is 5.92 Å². The molecule has 0 saturated heterocycles. The summed E-state index contributed by atoms with van der Waals surface area (Å²) in [6.07, 6.45) is 8.35. The number of nitrogens with two attached hydrogens (primary N) is 1. The van der Waals surface area contributed by atoms with E-state index in [-0.39, 0.29) is 0 Å². The molecule has 0 radical (unpaired) electrons. The summed E-state index contributed by atoms with van der Waals surface area (Å²) in [6, 6.07) is 0. The van der Waals surface area contributed by atoms with E-state index in [0.717, 1.165) is 35.1 Å². The molecule has 0 atom stereocenters. The van der Waals surface area contributed by atoms with E-state index < -0.39 is 0 Å². The van der Waals surface area contributed by atoms with E-state index in [1.54, 1.807) is 11.3 Å². The van der Waals surface area contributed by atoms with Crippen LogP contribution in [0.3, 0.4) is 0 Å². The van der Waals surface area contributed by atoms with E-state index in [0.29, 0.717) is 11.8 Å². The Balaban J connectivity index is 1.63. The van der Waals surface area contributed by atoms with Crippen molar-refractivity contribution in [1.82, 2.24) is 10.1 Å². The summed E-state index contributed by atoms with van der Waals surface area (Å²) in [7, 11) is 0. The summed E-state index contributed by atoms with van der Waals surface area (Å²) in [5.74, 6) is 2.82. The Hall–Kier alpha value is -1.36. The minimum absolute atomic E-state index is 0.464. The van der Waals surface area contributed by atoms with E-state index in [4.69, 9.17) is 10.3 Å². The number of hydrogen-bond acceptors (Lipinski definition) is 5. The quantitative estimate of drug-likeness (QED) is 0.904. The summed E-state index contributed by atoms with van der Waals surface area (Å²) >= 11 is 1.69. The molecular weight excluding hydrogens is 282 g/mol. The molecule has 2 aromatic heterocycles. The van der Waals surface area contributed by atoms with Gasteiger partial charge in [-0.1, -0.05) is 24.9 Å². The Morgan fingerprint density at radius 3 is 2.81 bits per heavy atom. The van der Waals surface area contributed by atoms with Gasteiger partial charge in [-0.2, -0.15) is 4.98 Å². The zero-order chi connectivity index (χ0) is 14.4. The fourth-order valence-electron chi connectivity index (χ4n) is 3.68. The van der Waals surface area contributed by atoms with Crippen molar-refractivity contribution in [2.45, 2.75) is 57.8 Å². The molecule has 4 rings (SSSR count). The van der Waals surface area contributed by atoms with Crippen LogP contribution in [0.25, 0.3) is 11.5 Å². The Morgan fingerprint density at radius 1 is 1.19 bits per heavy atom. The normalized spacial score (nSPS) is 25.2. The predicted molar refractivity (Wildman–Crippen MR) is 84.4 cm³/mol. The molecule has 2 N–H and O–H groups in total. The van der Waals surface area contributed by atoms with Gasteiger partial charge in [0.15, 0.2) is 5.82 Å². The van der Waals surface area contributed by atoms with Gasteiger partial charge in [-0.15, -0.1) is 11.3 Å². The summed E-state index contributed by atoms with van der Waals surface area (Å²) < 4.78 is 5.56. The van der Waals surface area contributed by atoms with Crippen LogP contribution in [0.2, 0.25) is 0 Å². The van der Waals surface area contributed by atoms with E-state index >= 15 is 0 Å². The third-order valence-electron chi connectivity index (χ3n) is 4.99. The van der Waals surface area contributed by atoms with Gasteiger partial charge in [0.05, 0.1) is 10.6 Å². The van der Waals surface area contributed by atoms with Crippen LogP contribution >= 0.6 is 11.3 Å². The molecule has 0 spiro atoms. The number of anilines is 1. The van der Waals surface area contributed by atoms with Crippen molar-refractivity contribution in [2.75, 3.05) is 5.73 Å². The summed E-state index contributed by atoms with van der Waals surface area (Å²) in [5, 5.41) is 5.09. The second-order valence-corrected chi connectivity index (χ2v) is 7.65. The molecule has 2 aromatic rings. The van der Waals surface area contributed by atoms with E-state index in [1.807, 2.05) is 0 Å². The van der Waals surface area contributed by atoms with Crippen LogP contribution in [-0.4, -0.2) is 10.1 Å². The molecular formula is C16H21N3OS. The van der Waals surface area contributed by atoms with Crippen molar-refractivity contribution < 1.29 is 4.52 Å². The third-order valence-corrected chi connectivity index (χ3v) is 6.11. The predicted octanol–water partition coefficient (Wildman–Crippen LogP) is 4.16. The molecule has 2 aliphatic carbocycles. The highest BCUT2D eigenvalue weighted by Crippen LogP contribution is 2.43. The van der Waals surface area contributed by atoms with Gasteiger partial charge in [-0.25, -0.2) is 0 Å². The van der Waals surface area contributed by atoms with Crippen LogP contribution in [0, 0.1) is 5.92 Å². The highest BCUT2D eigenvalue weighted by atomic mass is 32.1. The minimum atomic E-state index is 0.464. The largest absolute Gasteiger partial charge is 0.390 e. The Morgan fingerprint density at radius 2 is 2.00 bits per heavy atom. The second kappa shape index (κ2) is 5.13. The molecule has 1 saturated carbocycles. The fourth-order valence-corrected chi connectivity index (χ4v) is 4.83. The van der Waals surface area contributed by atoms with Crippen molar-refractivity contribution in [3.05, 3.63) is 16.3 Å². The smallest absolute Gasteiger partial charge is 0.261 e. The van der Waals surface area contributed by atoms with Crippen molar-refractivity contribution in [3.63, 3.8) is 0 Å². The number of aryl methyl sites for hydroxylation is 1. The Kier molecular flexibility index (Phi) is 3.25. The molecule has 4 nitrogen and oxygen atoms in total. The van der Waals surface area contributed by atoms with Crippen molar-refractivity contribution >= 4 is 16.3 Å². The number of aromatic nitrogens is 2. The van der Waals surface area contributed by atoms with E-state index in [9.17, 15) is 0 Å². The van der Waals surface area contributed by atoms with Gasteiger partial charge in [0.25, 0.3) is 5.89 Å². The van der Waals surface area contributed by atoms with E-state index in [2.05, 4.69) is 17.1 Å². The maximum atomic E-state index is 6.18. The average Bonchev–Trinajstić information content (AvgIpc) is 3.15. The first-order valence-corrected chi connectivity index (χ1v) is 8.78. The molecule has 2 aliphatic rings. The molecule has 1 fully saturated rings. The first-order valence-electron chi connectivity index (χ1n) is 7.96. The maximum Gasteiger partial charge on any atom is 0.261 e. The number of hydrogen-bond donors (Lipinski definition) is 1. The SMILES string of the molecule is CC1CCC(c2noc(-c3c(N)sc4c3CCC4)n2)CC1. The molecule has 2 heterocycles. The van der Waals surface area contributed by atoms with Gasteiger partial charge in [-0.05, 0) is 43.6 Å². The van der Waals surface area contributed by atoms with Crippen LogP contribution in [0.5, 0.6) is 0 Å². The lowest BCUT2D eigenvalue weighted by molar-refractivity contribution is 0.329. The topological polar surface area (TPSA) is 64.9 Å². The first kappa shape index (κ1) is 13.3. The summed E-state index contributed by atoms with van der Waals surface area (Å²) in [4.78, 5) is 6.10. The van der Waals surface area contributed by atoms with Gasteiger partial charge in [-0.3, -0.25) is 0 Å². The molecule has 0 aromatic carbocycles. The van der Waals surface area contributed by atoms with Crippen LogP contribution < -0.4 is 5.73 Å². The lowest BCUT2D eigenvalue weighted by Crippen LogP contribution is -2.11. The minimum Gasteiger partial charge on any atom is -0.390 e. The Bertz CT molecular complexity index is 653. The highest BCUT2D eigenvalue weighted by molar-refractivity contribution is 7.16. The average molecular weight is 303 g/mol. The zero-order valence-corrected chi connectivity index (χ0v) is 13.2. The third kappa shape index (κ3) is 2.27. The van der Waals surface area contributed by atoms with Crippen molar-refractivity contribution in [3.8, 4) is 11.5 Å². The van der Waals surface area contributed by atoms with Gasteiger partial charge in [0.1, 0.15) is 0 Å². The maximum absolute atomic E-state index is 6.18. The number of thiophene rings is 1. The molecule has 0 aliphatic heterocycles. The van der Waals surface area contributed by atoms with Crippen LogP contribution in [0.4, 0.5) is 5.00 Å².